The highest BCUT2D eigenvalue weighted by molar-refractivity contribution is 8.00. The summed E-state index contributed by atoms with van der Waals surface area (Å²) in [7, 11) is 0. The first kappa shape index (κ1) is 13.7. The van der Waals surface area contributed by atoms with E-state index in [-0.39, 0.29) is 11.8 Å². The summed E-state index contributed by atoms with van der Waals surface area (Å²) in [4.78, 5) is 23.1. The fraction of sp³-hybridized carbons (Fsp3) is 0.333. The highest BCUT2D eigenvalue weighted by atomic mass is 32.2. The average Bonchev–Trinajstić information content (AvgIpc) is 3.11. The fourth-order valence-electron chi connectivity index (χ4n) is 1.39. The van der Waals surface area contributed by atoms with Gasteiger partial charge in [-0.1, -0.05) is 0 Å². The number of nitrogens with one attached hydrogen (secondary N) is 2. The molecule has 1 aromatic carbocycles. The quantitative estimate of drug-likeness (QED) is 0.577. The number of amides is 3. The second-order valence-corrected chi connectivity index (χ2v) is 5.29. The van der Waals surface area contributed by atoms with Crippen LogP contribution in [0, 0.1) is 5.82 Å². The van der Waals surface area contributed by atoms with Gasteiger partial charge in [0.2, 0.25) is 5.91 Å². The maximum atomic E-state index is 13.4. The highest BCUT2D eigenvalue weighted by Gasteiger charge is 2.23. The molecule has 0 aliphatic heterocycles. The van der Waals surface area contributed by atoms with Crippen molar-refractivity contribution in [2.45, 2.75) is 23.8 Å². The lowest BCUT2D eigenvalue weighted by Gasteiger charge is -2.06. The van der Waals surface area contributed by atoms with Crippen molar-refractivity contribution in [3.8, 4) is 0 Å². The molecule has 1 saturated carbocycles. The minimum atomic E-state index is -0.495. The predicted molar refractivity (Wildman–Crippen MR) is 71.2 cm³/mol. The van der Waals surface area contributed by atoms with E-state index in [0.29, 0.717) is 10.6 Å². The number of carbonyl (C=O) groups excluding carboxylic acids is 2. The minimum absolute atomic E-state index is 0.0288. The molecule has 4 N–H and O–H groups in total. The Morgan fingerprint density at radius 2 is 2.16 bits per heavy atom. The lowest BCUT2D eigenvalue weighted by atomic mass is 10.3. The first-order valence-corrected chi connectivity index (χ1v) is 6.81. The second kappa shape index (κ2) is 5.92. The van der Waals surface area contributed by atoms with Crippen LogP contribution in [0.5, 0.6) is 0 Å². The Bertz CT molecular complexity index is 506. The Balaban J connectivity index is 1.77. The molecule has 19 heavy (non-hydrogen) atoms. The molecule has 1 aliphatic rings. The molecule has 0 unspecified atom stereocenters. The van der Waals surface area contributed by atoms with Gasteiger partial charge in [-0.15, -0.1) is 11.8 Å². The van der Waals surface area contributed by atoms with E-state index in [0.717, 1.165) is 24.6 Å². The summed E-state index contributed by atoms with van der Waals surface area (Å²) in [5.74, 6) is -0.960. The van der Waals surface area contributed by atoms with Crippen molar-refractivity contribution in [3.05, 3.63) is 24.0 Å². The van der Waals surface area contributed by atoms with E-state index in [2.05, 4.69) is 10.6 Å². The molecule has 0 spiro atoms. The average molecular weight is 283 g/mol. The van der Waals surface area contributed by atoms with Gasteiger partial charge in [-0.05, 0) is 31.0 Å². The number of nitrogen functional groups attached to an aromatic ring is 1. The molecule has 2 rings (SSSR count). The van der Waals surface area contributed by atoms with Crippen LogP contribution in [0.15, 0.2) is 23.1 Å². The van der Waals surface area contributed by atoms with Crippen LogP contribution < -0.4 is 16.4 Å². The molecule has 1 fully saturated rings. The molecule has 5 nitrogen and oxygen atoms in total. The van der Waals surface area contributed by atoms with Crippen LogP contribution in [0.25, 0.3) is 0 Å². The van der Waals surface area contributed by atoms with Gasteiger partial charge >= 0.3 is 6.03 Å². The number of benzene rings is 1. The summed E-state index contributed by atoms with van der Waals surface area (Å²) in [6.07, 6.45) is 1.90. The summed E-state index contributed by atoms with van der Waals surface area (Å²) in [6.45, 7) is 0. The Morgan fingerprint density at radius 1 is 1.42 bits per heavy atom. The van der Waals surface area contributed by atoms with Crippen molar-refractivity contribution in [1.82, 2.24) is 10.6 Å². The van der Waals surface area contributed by atoms with E-state index >= 15 is 0 Å². The molecule has 0 saturated heterocycles. The monoisotopic (exact) mass is 283 g/mol. The van der Waals surface area contributed by atoms with Gasteiger partial charge in [0.05, 0.1) is 5.75 Å². The molecule has 0 bridgehead atoms. The summed E-state index contributed by atoms with van der Waals surface area (Å²) >= 11 is 1.02. The van der Waals surface area contributed by atoms with Crippen LogP contribution in [0.1, 0.15) is 12.8 Å². The normalized spacial score (nSPS) is 13.9. The molecule has 102 valence electrons. The lowest BCUT2D eigenvalue weighted by molar-refractivity contribution is -0.117. The van der Waals surface area contributed by atoms with Gasteiger partial charge < -0.3 is 11.1 Å². The topological polar surface area (TPSA) is 84.2 Å². The summed E-state index contributed by atoms with van der Waals surface area (Å²) < 4.78 is 13.4. The van der Waals surface area contributed by atoms with Crippen LogP contribution in [0.2, 0.25) is 0 Å². The molecule has 0 radical (unpaired) electrons. The van der Waals surface area contributed by atoms with Gasteiger partial charge in [0, 0.05) is 16.6 Å². The number of thioether (sulfide) groups is 1. The summed E-state index contributed by atoms with van der Waals surface area (Å²) in [5, 5.41) is 4.83. The fourth-order valence-corrected chi connectivity index (χ4v) is 2.11. The number of urea groups is 1. The van der Waals surface area contributed by atoms with Crippen LogP contribution in [-0.4, -0.2) is 23.7 Å². The van der Waals surface area contributed by atoms with Crippen molar-refractivity contribution >= 4 is 29.4 Å². The highest BCUT2D eigenvalue weighted by Crippen LogP contribution is 2.23. The van der Waals surface area contributed by atoms with Gasteiger partial charge in [0.25, 0.3) is 0 Å². The van der Waals surface area contributed by atoms with Gasteiger partial charge in [0.15, 0.2) is 0 Å². The number of hydrogen-bond donors (Lipinski definition) is 3. The van der Waals surface area contributed by atoms with E-state index < -0.39 is 17.8 Å². The number of hydrogen-bond acceptors (Lipinski definition) is 4. The van der Waals surface area contributed by atoms with E-state index in [1.807, 2.05) is 0 Å². The molecule has 1 aromatic rings. The smallest absolute Gasteiger partial charge is 0.321 e. The number of anilines is 1. The third kappa shape index (κ3) is 4.44. The SMILES string of the molecule is Nc1ccc(SCC(=O)NC(=O)NC2CC2)c(F)c1. The molecular formula is C12H14FN3O2S. The predicted octanol–water partition coefficient (Wildman–Crippen LogP) is 1.49. The Morgan fingerprint density at radius 3 is 2.79 bits per heavy atom. The Kier molecular flexibility index (Phi) is 4.26. The van der Waals surface area contributed by atoms with Crippen LogP contribution in [0.3, 0.4) is 0 Å². The van der Waals surface area contributed by atoms with Crippen molar-refractivity contribution < 1.29 is 14.0 Å². The molecule has 1 aliphatic carbocycles. The summed E-state index contributed by atoms with van der Waals surface area (Å²) in [6, 6.07) is 3.96. The zero-order valence-corrected chi connectivity index (χ0v) is 10.9. The van der Waals surface area contributed by atoms with Crippen molar-refractivity contribution in [3.63, 3.8) is 0 Å². The van der Waals surface area contributed by atoms with Gasteiger partial charge in [-0.3, -0.25) is 10.1 Å². The minimum Gasteiger partial charge on any atom is -0.399 e. The largest absolute Gasteiger partial charge is 0.399 e. The van der Waals surface area contributed by atoms with Crippen LogP contribution >= 0.6 is 11.8 Å². The maximum absolute atomic E-state index is 13.4. The van der Waals surface area contributed by atoms with E-state index in [9.17, 15) is 14.0 Å². The Labute approximate surface area is 114 Å². The zero-order valence-electron chi connectivity index (χ0n) is 10.1. The molecular weight excluding hydrogens is 269 g/mol. The lowest BCUT2D eigenvalue weighted by Crippen LogP contribution is -2.41. The van der Waals surface area contributed by atoms with Gasteiger partial charge in [0.1, 0.15) is 5.82 Å². The third-order valence-corrected chi connectivity index (χ3v) is 3.53. The number of rotatable bonds is 4. The number of imide groups is 1. The van der Waals surface area contributed by atoms with Crippen molar-refractivity contribution in [1.29, 1.82) is 0 Å². The standard InChI is InChI=1S/C12H14FN3O2S/c13-9-5-7(14)1-4-10(9)19-6-11(17)16-12(18)15-8-2-3-8/h1,4-5,8H,2-3,6,14H2,(H2,15,16,17,18). The van der Waals surface area contributed by atoms with Crippen LogP contribution in [-0.2, 0) is 4.79 Å². The summed E-state index contributed by atoms with van der Waals surface area (Å²) in [5.41, 5.74) is 5.75. The molecule has 7 heteroatoms. The maximum Gasteiger partial charge on any atom is 0.321 e. The first-order valence-electron chi connectivity index (χ1n) is 5.83. The molecule has 0 atom stereocenters. The Hall–Kier alpha value is -1.76. The molecule has 3 amide bonds. The van der Waals surface area contributed by atoms with E-state index in [1.54, 1.807) is 6.07 Å². The van der Waals surface area contributed by atoms with E-state index in [1.165, 1.54) is 12.1 Å². The third-order valence-electron chi connectivity index (χ3n) is 2.48. The number of carbonyl (C=O) groups is 2. The number of halogens is 1. The van der Waals surface area contributed by atoms with Gasteiger partial charge in [-0.2, -0.15) is 0 Å². The molecule has 0 heterocycles. The zero-order chi connectivity index (χ0) is 13.8. The van der Waals surface area contributed by atoms with Crippen LogP contribution in [0.4, 0.5) is 14.9 Å². The van der Waals surface area contributed by atoms with Crippen molar-refractivity contribution in [2.75, 3.05) is 11.5 Å². The second-order valence-electron chi connectivity index (χ2n) is 4.27. The first-order chi connectivity index (χ1) is 9.04. The molecule has 0 aromatic heterocycles. The number of nitrogens with two attached hydrogens (primary N) is 1. The van der Waals surface area contributed by atoms with Crippen molar-refractivity contribution in [2.24, 2.45) is 0 Å². The van der Waals surface area contributed by atoms with E-state index in [4.69, 9.17) is 5.73 Å². The van der Waals surface area contributed by atoms with Gasteiger partial charge in [-0.25, -0.2) is 9.18 Å².